The SMILES string of the molecule is CCC1(C(=O)O)CCN(C(=O)COC)C1. The summed E-state index contributed by atoms with van der Waals surface area (Å²) in [7, 11) is 1.46. The minimum atomic E-state index is -0.808. The Hall–Kier alpha value is -1.10. The molecule has 0 spiro atoms. The molecule has 0 aromatic rings. The van der Waals surface area contributed by atoms with Gasteiger partial charge in [0.05, 0.1) is 5.41 Å². The van der Waals surface area contributed by atoms with Crippen molar-refractivity contribution in [1.82, 2.24) is 4.90 Å². The molecule has 1 N–H and O–H groups in total. The van der Waals surface area contributed by atoms with E-state index in [-0.39, 0.29) is 12.5 Å². The number of carboxylic acids is 1. The Morgan fingerprint density at radius 3 is 2.60 bits per heavy atom. The van der Waals surface area contributed by atoms with E-state index in [1.165, 1.54) is 7.11 Å². The zero-order chi connectivity index (χ0) is 11.5. The lowest BCUT2D eigenvalue weighted by Gasteiger charge is -2.22. The van der Waals surface area contributed by atoms with Gasteiger partial charge in [0.15, 0.2) is 0 Å². The molecule has 15 heavy (non-hydrogen) atoms. The van der Waals surface area contributed by atoms with Gasteiger partial charge in [-0.15, -0.1) is 0 Å². The third kappa shape index (κ3) is 2.28. The van der Waals surface area contributed by atoms with Gasteiger partial charge in [-0.25, -0.2) is 0 Å². The summed E-state index contributed by atoms with van der Waals surface area (Å²) in [5.41, 5.74) is -0.747. The van der Waals surface area contributed by atoms with Crippen LogP contribution in [0.25, 0.3) is 0 Å². The molecule has 0 radical (unpaired) electrons. The average Bonchev–Trinajstić information content (AvgIpc) is 2.63. The van der Waals surface area contributed by atoms with Gasteiger partial charge in [-0.3, -0.25) is 9.59 Å². The number of hydrogen-bond donors (Lipinski definition) is 1. The lowest BCUT2D eigenvalue weighted by Crippen LogP contribution is -2.37. The molecule has 1 saturated heterocycles. The van der Waals surface area contributed by atoms with Crippen molar-refractivity contribution in [3.8, 4) is 0 Å². The Bertz CT molecular complexity index is 266. The van der Waals surface area contributed by atoms with Gasteiger partial charge in [-0.2, -0.15) is 0 Å². The van der Waals surface area contributed by atoms with Gasteiger partial charge in [0, 0.05) is 20.2 Å². The highest BCUT2D eigenvalue weighted by Gasteiger charge is 2.44. The van der Waals surface area contributed by atoms with E-state index in [1.807, 2.05) is 6.92 Å². The van der Waals surface area contributed by atoms with Crippen molar-refractivity contribution in [2.45, 2.75) is 19.8 Å². The Morgan fingerprint density at radius 1 is 1.53 bits per heavy atom. The second-order valence-electron chi connectivity index (χ2n) is 3.94. The van der Waals surface area contributed by atoms with Gasteiger partial charge < -0.3 is 14.7 Å². The minimum absolute atomic E-state index is 0.0272. The van der Waals surface area contributed by atoms with E-state index < -0.39 is 11.4 Å². The van der Waals surface area contributed by atoms with Gasteiger partial charge in [-0.1, -0.05) is 6.92 Å². The normalized spacial score (nSPS) is 25.6. The summed E-state index contributed by atoms with van der Waals surface area (Å²) >= 11 is 0. The summed E-state index contributed by atoms with van der Waals surface area (Å²) in [5, 5.41) is 9.12. The molecule has 5 nitrogen and oxygen atoms in total. The van der Waals surface area contributed by atoms with Crippen molar-refractivity contribution < 1.29 is 19.4 Å². The first kappa shape index (κ1) is 12.0. The fraction of sp³-hybridized carbons (Fsp3) is 0.800. The maximum absolute atomic E-state index is 11.5. The van der Waals surface area contributed by atoms with Crippen LogP contribution < -0.4 is 0 Å². The van der Waals surface area contributed by atoms with Crippen LogP contribution >= 0.6 is 0 Å². The predicted molar refractivity (Wildman–Crippen MR) is 53.4 cm³/mol. The molecule has 1 heterocycles. The van der Waals surface area contributed by atoms with Gasteiger partial charge in [0.1, 0.15) is 6.61 Å². The Labute approximate surface area is 89.0 Å². The number of ether oxygens (including phenoxy) is 1. The molecule has 1 fully saturated rings. The Balaban J connectivity index is 2.64. The van der Waals surface area contributed by atoms with Crippen LogP contribution in [0.2, 0.25) is 0 Å². The quantitative estimate of drug-likeness (QED) is 0.734. The van der Waals surface area contributed by atoms with Gasteiger partial charge >= 0.3 is 5.97 Å². The third-order valence-electron chi connectivity index (χ3n) is 3.10. The van der Waals surface area contributed by atoms with Crippen LogP contribution in [0.4, 0.5) is 0 Å². The van der Waals surface area contributed by atoms with Gasteiger partial charge in [-0.05, 0) is 12.8 Å². The van der Waals surface area contributed by atoms with E-state index in [9.17, 15) is 9.59 Å². The average molecular weight is 215 g/mol. The van der Waals surface area contributed by atoms with Gasteiger partial charge in [0.25, 0.3) is 0 Å². The molecule has 1 atom stereocenters. The van der Waals surface area contributed by atoms with Crippen molar-refractivity contribution in [3.63, 3.8) is 0 Å². The van der Waals surface area contributed by atoms with Crippen LogP contribution in [0.1, 0.15) is 19.8 Å². The van der Waals surface area contributed by atoms with Crippen LogP contribution in [-0.4, -0.2) is 48.7 Å². The first-order chi connectivity index (χ1) is 7.05. The molecule has 1 aliphatic rings. The third-order valence-corrected chi connectivity index (χ3v) is 3.10. The monoisotopic (exact) mass is 215 g/mol. The molecule has 5 heteroatoms. The van der Waals surface area contributed by atoms with E-state index in [2.05, 4.69) is 0 Å². The van der Waals surface area contributed by atoms with Gasteiger partial charge in [0.2, 0.25) is 5.91 Å². The molecular weight excluding hydrogens is 198 g/mol. The zero-order valence-corrected chi connectivity index (χ0v) is 9.15. The van der Waals surface area contributed by atoms with Crippen LogP contribution in [0, 0.1) is 5.41 Å². The van der Waals surface area contributed by atoms with Crippen LogP contribution in [-0.2, 0) is 14.3 Å². The van der Waals surface area contributed by atoms with Crippen molar-refractivity contribution in [2.75, 3.05) is 26.8 Å². The van der Waals surface area contributed by atoms with E-state index in [0.717, 1.165) is 0 Å². The smallest absolute Gasteiger partial charge is 0.311 e. The fourth-order valence-electron chi connectivity index (χ4n) is 1.91. The van der Waals surface area contributed by atoms with Crippen molar-refractivity contribution >= 4 is 11.9 Å². The molecule has 1 aliphatic heterocycles. The Kier molecular flexibility index (Phi) is 3.68. The summed E-state index contributed by atoms with van der Waals surface area (Å²) in [6, 6.07) is 0. The molecular formula is C10H17NO4. The maximum Gasteiger partial charge on any atom is 0.311 e. The molecule has 0 aliphatic carbocycles. The molecule has 1 rings (SSSR count). The second kappa shape index (κ2) is 4.61. The predicted octanol–water partition coefficient (Wildman–Crippen LogP) is 0.346. The summed E-state index contributed by atoms with van der Waals surface area (Å²) in [4.78, 5) is 24.2. The summed E-state index contributed by atoms with van der Waals surface area (Å²) < 4.78 is 4.74. The highest BCUT2D eigenvalue weighted by Crippen LogP contribution is 2.34. The number of carboxylic acid groups (broad SMARTS) is 1. The molecule has 1 unspecified atom stereocenters. The van der Waals surface area contributed by atoms with E-state index in [4.69, 9.17) is 9.84 Å². The molecule has 0 aromatic heterocycles. The van der Waals surface area contributed by atoms with Crippen LogP contribution in [0.3, 0.4) is 0 Å². The van der Waals surface area contributed by atoms with Crippen molar-refractivity contribution in [1.29, 1.82) is 0 Å². The molecule has 86 valence electrons. The fourth-order valence-corrected chi connectivity index (χ4v) is 1.91. The number of nitrogens with zero attached hydrogens (tertiary/aromatic N) is 1. The molecule has 0 aromatic carbocycles. The minimum Gasteiger partial charge on any atom is -0.481 e. The lowest BCUT2D eigenvalue weighted by molar-refractivity contribution is -0.148. The topological polar surface area (TPSA) is 66.8 Å². The number of methoxy groups -OCH3 is 1. The highest BCUT2D eigenvalue weighted by atomic mass is 16.5. The largest absolute Gasteiger partial charge is 0.481 e. The summed E-state index contributed by atoms with van der Waals surface area (Å²) in [5.74, 6) is -0.938. The molecule has 0 bridgehead atoms. The van der Waals surface area contributed by atoms with Crippen molar-refractivity contribution in [2.24, 2.45) is 5.41 Å². The van der Waals surface area contributed by atoms with E-state index in [1.54, 1.807) is 4.90 Å². The first-order valence-electron chi connectivity index (χ1n) is 5.06. The Morgan fingerprint density at radius 2 is 2.20 bits per heavy atom. The number of likely N-dealkylation sites (tertiary alicyclic amines) is 1. The number of hydrogen-bond acceptors (Lipinski definition) is 3. The summed E-state index contributed by atoms with van der Waals surface area (Å²) in [6.45, 7) is 2.70. The van der Waals surface area contributed by atoms with E-state index in [0.29, 0.717) is 25.9 Å². The van der Waals surface area contributed by atoms with Crippen LogP contribution in [0.15, 0.2) is 0 Å². The number of amides is 1. The van der Waals surface area contributed by atoms with Crippen molar-refractivity contribution in [3.05, 3.63) is 0 Å². The number of rotatable bonds is 4. The molecule has 0 saturated carbocycles. The van der Waals surface area contributed by atoms with Crippen LogP contribution in [0.5, 0.6) is 0 Å². The number of carbonyl (C=O) groups is 2. The van der Waals surface area contributed by atoms with E-state index >= 15 is 0 Å². The standard InChI is InChI=1S/C10H17NO4/c1-3-10(9(13)14)4-5-11(7-10)8(12)6-15-2/h3-7H2,1-2H3,(H,13,14). The summed E-state index contributed by atoms with van der Waals surface area (Å²) in [6.07, 6.45) is 1.09. The lowest BCUT2D eigenvalue weighted by atomic mass is 9.84. The zero-order valence-electron chi connectivity index (χ0n) is 9.15. The molecule has 1 amide bonds. The second-order valence-corrected chi connectivity index (χ2v) is 3.94. The maximum atomic E-state index is 11.5. The first-order valence-corrected chi connectivity index (χ1v) is 5.06. The highest BCUT2D eigenvalue weighted by molar-refractivity contribution is 5.81. The number of carbonyl (C=O) groups excluding carboxylic acids is 1. The number of aliphatic carboxylic acids is 1.